The summed E-state index contributed by atoms with van der Waals surface area (Å²) in [7, 11) is 0. The van der Waals surface area contributed by atoms with Crippen molar-refractivity contribution in [2.24, 2.45) is 0 Å². The number of carbonyl (C=O) groups excluding carboxylic acids is 1. The predicted molar refractivity (Wildman–Crippen MR) is 60.8 cm³/mol. The molecule has 1 rings (SSSR count). The Bertz CT molecular complexity index is 436. The van der Waals surface area contributed by atoms with Gasteiger partial charge in [0.15, 0.2) is 0 Å². The van der Waals surface area contributed by atoms with Gasteiger partial charge in [0.25, 0.3) is 0 Å². The van der Waals surface area contributed by atoms with E-state index in [-0.39, 0.29) is 6.61 Å². The standard InChI is InChI=1S/C12H12O5/c1-2-16-12(15)17-10-5-3-4-9(8-10)6-7-11(13)14/h3-8H,2H2,1H3,(H,13,14)/b7-6+. The molecule has 0 saturated carbocycles. The first-order chi connectivity index (χ1) is 8.11. The number of benzene rings is 1. The molecule has 0 aromatic heterocycles. The van der Waals surface area contributed by atoms with E-state index >= 15 is 0 Å². The first-order valence-electron chi connectivity index (χ1n) is 4.97. The van der Waals surface area contributed by atoms with Crippen molar-refractivity contribution < 1.29 is 24.2 Å². The molecule has 90 valence electrons. The highest BCUT2D eigenvalue weighted by atomic mass is 16.7. The third-order valence-corrected chi connectivity index (χ3v) is 1.74. The van der Waals surface area contributed by atoms with Gasteiger partial charge < -0.3 is 14.6 Å². The lowest BCUT2D eigenvalue weighted by molar-refractivity contribution is -0.131. The quantitative estimate of drug-likeness (QED) is 0.493. The third kappa shape index (κ3) is 4.83. The summed E-state index contributed by atoms with van der Waals surface area (Å²) in [5.74, 6) is -0.738. The van der Waals surface area contributed by atoms with Gasteiger partial charge in [0.05, 0.1) is 6.61 Å². The Balaban J connectivity index is 2.72. The highest BCUT2D eigenvalue weighted by Gasteiger charge is 2.04. The van der Waals surface area contributed by atoms with E-state index in [0.717, 1.165) is 6.08 Å². The molecule has 0 heterocycles. The Morgan fingerprint density at radius 2 is 2.18 bits per heavy atom. The molecule has 1 aromatic carbocycles. The first-order valence-corrected chi connectivity index (χ1v) is 4.97. The predicted octanol–water partition coefficient (Wildman–Crippen LogP) is 2.32. The number of hydrogen-bond donors (Lipinski definition) is 1. The topological polar surface area (TPSA) is 72.8 Å². The minimum Gasteiger partial charge on any atom is -0.478 e. The van der Waals surface area contributed by atoms with Gasteiger partial charge in [-0.3, -0.25) is 0 Å². The molecule has 5 nitrogen and oxygen atoms in total. The molecule has 0 amide bonds. The van der Waals surface area contributed by atoms with Crippen molar-refractivity contribution in [3.05, 3.63) is 35.9 Å². The van der Waals surface area contributed by atoms with Gasteiger partial charge >= 0.3 is 12.1 Å². The minimum atomic E-state index is -1.04. The van der Waals surface area contributed by atoms with Crippen molar-refractivity contribution in [1.82, 2.24) is 0 Å². The van der Waals surface area contributed by atoms with Crippen molar-refractivity contribution in [3.8, 4) is 5.75 Å². The van der Waals surface area contributed by atoms with Crippen LogP contribution in [0.3, 0.4) is 0 Å². The van der Waals surface area contributed by atoms with Gasteiger partial charge in [0, 0.05) is 6.08 Å². The number of hydrogen-bond acceptors (Lipinski definition) is 4. The Morgan fingerprint density at radius 3 is 2.82 bits per heavy atom. The molecule has 1 N–H and O–H groups in total. The summed E-state index contributed by atoms with van der Waals surface area (Å²) in [6.45, 7) is 1.91. The molecule has 17 heavy (non-hydrogen) atoms. The van der Waals surface area contributed by atoms with E-state index in [0.29, 0.717) is 11.3 Å². The van der Waals surface area contributed by atoms with Gasteiger partial charge in [0.2, 0.25) is 0 Å². The Kier molecular flexibility index (Phi) is 4.75. The fourth-order valence-electron chi connectivity index (χ4n) is 1.09. The molecule has 5 heteroatoms. The number of aliphatic carboxylic acids is 1. The number of carboxylic acids is 1. The summed E-state index contributed by atoms with van der Waals surface area (Å²) >= 11 is 0. The Labute approximate surface area is 98.3 Å². The molecular formula is C12H12O5. The second-order valence-electron chi connectivity index (χ2n) is 3.03. The molecule has 1 aromatic rings. The van der Waals surface area contributed by atoms with Gasteiger partial charge in [-0.25, -0.2) is 9.59 Å². The van der Waals surface area contributed by atoms with E-state index in [4.69, 9.17) is 9.84 Å². The molecule has 0 saturated heterocycles. The van der Waals surface area contributed by atoms with Gasteiger partial charge in [-0.1, -0.05) is 12.1 Å². The Morgan fingerprint density at radius 1 is 1.41 bits per heavy atom. The zero-order chi connectivity index (χ0) is 12.7. The van der Waals surface area contributed by atoms with E-state index in [1.807, 2.05) is 0 Å². The molecular weight excluding hydrogens is 224 g/mol. The molecule has 0 radical (unpaired) electrons. The van der Waals surface area contributed by atoms with Crippen molar-refractivity contribution in [3.63, 3.8) is 0 Å². The lowest BCUT2D eigenvalue weighted by Gasteiger charge is -2.04. The van der Waals surface area contributed by atoms with Crippen LogP contribution in [-0.4, -0.2) is 23.8 Å². The highest BCUT2D eigenvalue weighted by Crippen LogP contribution is 2.15. The molecule has 0 aliphatic carbocycles. The molecule has 0 aliphatic rings. The summed E-state index contributed by atoms with van der Waals surface area (Å²) in [6.07, 6.45) is 1.62. The third-order valence-electron chi connectivity index (χ3n) is 1.74. The maximum atomic E-state index is 11.0. The van der Waals surface area contributed by atoms with E-state index in [9.17, 15) is 9.59 Å². The van der Waals surface area contributed by atoms with Gasteiger partial charge in [-0.2, -0.15) is 0 Å². The number of ether oxygens (including phenoxy) is 2. The second-order valence-corrected chi connectivity index (χ2v) is 3.03. The Hall–Kier alpha value is -2.30. The maximum absolute atomic E-state index is 11.0. The number of carbonyl (C=O) groups is 2. The van der Waals surface area contributed by atoms with E-state index in [1.165, 1.54) is 12.1 Å². The molecule has 0 unspecified atom stereocenters. The molecule has 0 fully saturated rings. The van der Waals surface area contributed by atoms with Crippen molar-refractivity contribution in [1.29, 1.82) is 0 Å². The lowest BCUT2D eigenvalue weighted by atomic mass is 10.2. The van der Waals surface area contributed by atoms with Crippen LogP contribution in [0.5, 0.6) is 5.75 Å². The van der Waals surface area contributed by atoms with Gasteiger partial charge in [-0.15, -0.1) is 0 Å². The monoisotopic (exact) mass is 236 g/mol. The molecule has 0 spiro atoms. The number of rotatable bonds is 4. The molecule has 0 bridgehead atoms. The van der Waals surface area contributed by atoms with Crippen LogP contribution in [0.15, 0.2) is 30.3 Å². The van der Waals surface area contributed by atoms with Crippen molar-refractivity contribution in [2.75, 3.05) is 6.61 Å². The summed E-state index contributed by atoms with van der Waals surface area (Å²) in [4.78, 5) is 21.4. The largest absolute Gasteiger partial charge is 0.513 e. The van der Waals surface area contributed by atoms with Crippen LogP contribution in [0, 0.1) is 0 Å². The average Bonchev–Trinajstić information content (AvgIpc) is 2.27. The zero-order valence-corrected chi connectivity index (χ0v) is 9.25. The van der Waals surface area contributed by atoms with E-state index in [2.05, 4.69) is 4.74 Å². The van der Waals surface area contributed by atoms with Crippen LogP contribution >= 0.6 is 0 Å². The summed E-state index contributed by atoms with van der Waals surface area (Å²) in [5.41, 5.74) is 0.620. The van der Waals surface area contributed by atoms with Gasteiger partial charge in [-0.05, 0) is 30.7 Å². The van der Waals surface area contributed by atoms with E-state index in [1.54, 1.807) is 25.1 Å². The van der Waals surface area contributed by atoms with Crippen LogP contribution in [0.2, 0.25) is 0 Å². The fraction of sp³-hybridized carbons (Fsp3) is 0.167. The minimum absolute atomic E-state index is 0.234. The normalized spacial score (nSPS) is 10.2. The van der Waals surface area contributed by atoms with Crippen LogP contribution in [0.4, 0.5) is 4.79 Å². The van der Waals surface area contributed by atoms with Gasteiger partial charge in [0.1, 0.15) is 5.75 Å². The SMILES string of the molecule is CCOC(=O)Oc1cccc(/C=C/C(=O)O)c1. The first kappa shape index (κ1) is 12.8. The summed E-state index contributed by atoms with van der Waals surface area (Å²) in [6, 6.07) is 6.46. The average molecular weight is 236 g/mol. The van der Waals surface area contributed by atoms with Crippen LogP contribution in [0.25, 0.3) is 6.08 Å². The maximum Gasteiger partial charge on any atom is 0.513 e. The second kappa shape index (κ2) is 6.32. The van der Waals surface area contributed by atoms with Crippen LogP contribution in [-0.2, 0) is 9.53 Å². The summed E-state index contributed by atoms with van der Waals surface area (Å²) in [5, 5.41) is 8.47. The highest BCUT2D eigenvalue weighted by molar-refractivity contribution is 5.85. The number of carboxylic acid groups (broad SMARTS) is 1. The summed E-state index contributed by atoms with van der Waals surface area (Å²) < 4.78 is 9.47. The van der Waals surface area contributed by atoms with Crippen molar-refractivity contribution in [2.45, 2.75) is 6.92 Å². The smallest absolute Gasteiger partial charge is 0.478 e. The lowest BCUT2D eigenvalue weighted by Crippen LogP contribution is -2.09. The van der Waals surface area contributed by atoms with Crippen LogP contribution < -0.4 is 4.74 Å². The molecule has 0 aliphatic heterocycles. The van der Waals surface area contributed by atoms with Crippen LogP contribution in [0.1, 0.15) is 12.5 Å². The van der Waals surface area contributed by atoms with Crippen molar-refractivity contribution >= 4 is 18.2 Å². The van der Waals surface area contributed by atoms with E-state index < -0.39 is 12.1 Å². The molecule has 0 atom stereocenters. The zero-order valence-electron chi connectivity index (χ0n) is 9.25. The fourth-order valence-corrected chi connectivity index (χ4v) is 1.09.